The molecule has 2 amide bonds. The number of carbonyl (C=O) groups excluding carboxylic acids is 2. The number of amides is 2. The minimum Gasteiger partial charge on any atom is -0.508 e. The summed E-state index contributed by atoms with van der Waals surface area (Å²) in [5.41, 5.74) is 1.72. The van der Waals surface area contributed by atoms with Crippen LogP contribution < -0.4 is 10.6 Å². The minimum atomic E-state index is -0.236. The summed E-state index contributed by atoms with van der Waals surface area (Å²) in [6, 6.07) is 10.0. The fraction of sp³-hybridized carbons (Fsp3) is 0.263. The Morgan fingerprint density at radius 1 is 1.15 bits per heavy atom. The van der Waals surface area contributed by atoms with Gasteiger partial charge in [-0.2, -0.15) is 0 Å². The van der Waals surface area contributed by atoms with Crippen molar-refractivity contribution in [3.05, 3.63) is 54.0 Å². The molecule has 0 aliphatic heterocycles. The maximum Gasteiger partial charge on any atom is 0.267 e. The molecule has 1 aliphatic carbocycles. The first kappa shape index (κ1) is 16.3. The average Bonchev–Trinajstić information content (AvgIpc) is 3.16. The van der Waals surface area contributed by atoms with Crippen LogP contribution in [0.3, 0.4) is 0 Å². The maximum atomic E-state index is 12.4. The summed E-state index contributed by atoms with van der Waals surface area (Å²) in [6.45, 7) is 0.372. The Bertz CT molecular complexity index is 941. The van der Waals surface area contributed by atoms with Crippen LogP contribution >= 0.6 is 0 Å². The van der Waals surface area contributed by atoms with Gasteiger partial charge in [0.1, 0.15) is 17.1 Å². The Morgan fingerprint density at radius 3 is 2.73 bits per heavy atom. The molecule has 1 aromatic carbocycles. The predicted molar refractivity (Wildman–Crippen MR) is 97.1 cm³/mol. The van der Waals surface area contributed by atoms with Crippen LogP contribution in [0.1, 0.15) is 33.8 Å². The molecule has 1 unspecified atom stereocenters. The van der Waals surface area contributed by atoms with E-state index in [1.807, 2.05) is 0 Å². The van der Waals surface area contributed by atoms with Gasteiger partial charge in [-0.25, -0.2) is 0 Å². The lowest BCUT2D eigenvalue weighted by molar-refractivity contribution is 0.0899. The van der Waals surface area contributed by atoms with E-state index >= 15 is 0 Å². The first-order valence-electron chi connectivity index (χ1n) is 8.64. The highest BCUT2D eigenvalue weighted by Gasteiger charge is 2.33. The third kappa shape index (κ3) is 3.42. The standard InChI is InChI=1S/C19H20N4O3/c24-13-5-6-14-12(8-13)9-16(22-14)18(25)21-10-17(11-3-4-11)23-19(26)15-2-1-7-20-15/h1-2,5-9,11,17,20,22,24H,3-4,10H2,(H,21,25)(H,23,26). The third-order valence-corrected chi connectivity index (χ3v) is 4.68. The summed E-state index contributed by atoms with van der Waals surface area (Å²) in [7, 11) is 0. The quantitative estimate of drug-likeness (QED) is 0.469. The van der Waals surface area contributed by atoms with Gasteiger partial charge >= 0.3 is 0 Å². The van der Waals surface area contributed by atoms with Crippen molar-refractivity contribution in [3.63, 3.8) is 0 Å². The van der Waals surface area contributed by atoms with Crippen molar-refractivity contribution in [2.24, 2.45) is 5.92 Å². The topological polar surface area (TPSA) is 110 Å². The second-order valence-corrected chi connectivity index (χ2v) is 6.67. The van der Waals surface area contributed by atoms with Crippen LogP contribution in [0, 0.1) is 5.92 Å². The van der Waals surface area contributed by atoms with Gasteiger partial charge in [0.05, 0.1) is 0 Å². The second-order valence-electron chi connectivity index (χ2n) is 6.67. The number of benzene rings is 1. The lowest BCUT2D eigenvalue weighted by Gasteiger charge is -2.18. The lowest BCUT2D eigenvalue weighted by atomic mass is 10.1. The molecule has 5 N–H and O–H groups in total. The third-order valence-electron chi connectivity index (χ3n) is 4.68. The van der Waals surface area contributed by atoms with Crippen molar-refractivity contribution >= 4 is 22.7 Å². The van der Waals surface area contributed by atoms with Crippen LogP contribution in [0.25, 0.3) is 10.9 Å². The van der Waals surface area contributed by atoms with Crippen LogP contribution in [-0.4, -0.2) is 39.5 Å². The normalized spacial score (nSPS) is 14.9. The molecular weight excluding hydrogens is 332 g/mol. The summed E-state index contributed by atoms with van der Waals surface area (Å²) in [5, 5.41) is 16.2. The van der Waals surface area contributed by atoms with Crippen molar-refractivity contribution in [1.29, 1.82) is 0 Å². The number of aromatic nitrogens is 2. The molecule has 3 aromatic rings. The number of fused-ring (bicyclic) bond motifs is 1. The van der Waals surface area contributed by atoms with Crippen LogP contribution in [0.15, 0.2) is 42.6 Å². The van der Waals surface area contributed by atoms with Crippen molar-refractivity contribution in [3.8, 4) is 5.75 Å². The number of nitrogens with one attached hydrogen (secondary N) is 4. The van der Waals surface area contributed by atoms with Gasteiger partial charge in [-0.05, 0) is 55.2 Å². The first-order valence-corrected chi connectivity index (χ1v) is 8.64. The highest BCUT2D eigenvalue weighted by molar-refractivity contribution is 5.98. The molecule has 0 saturated heterocycles. The number of hydrogen-bond acceptors (Lipinski definition) is 3. The zero-order valence-electron chi connectivity index (χ0n) is 14.1. The van der Waals surface area contributed by atoms with Crippen molar-refractivity contribution < 1.29 is 14.7 Å². The number of phenols is 1. The lowest BCUT2D eigenvalue weighted by Crippen LogP contribution is -2.45. The van der Waals surface area contributed by atoms with E-state index in [0.29, 0.717) is 23.9 Å². The molecule has 2 aromatic heterocycles. The molecule has 2 heterocycles. The highest BCUT2D eigenvalue weighted by atomic mass is 16.3. The van der Waals surface area contributed by atoms with Gasteiger partial charge in [0, 0.05) is 29.7 Å². The highest BCUT2D eigenvalue weighted by Crippen LogP contribution is 2.32. The van der Waals surface area contributed by atoms with Crippen molar-refractivity contribution in [1.82, 2.24) is 20.6 Å². The molecule has 1 atom stereocenters. The molecule has 26 heavy (non-hydrogen) atoms. The molecule has 1 aliphatic rings. The van der Waals surface area contributed by atoms with Crippen LogP contribution in [0.4, 0.5) is 0 Å². The van der Waals surface area contributed by atoms with Gasteiger partial charge in [0.25, 0.3) is 11.8 Å². The Morgan fingerprint density at radius 2 is 2.00 bits per heavy atom. The Hall–Kier alpha value is -3.22. The number of hydrogen-bond donors (Lipinski definition) is 5. The van der Waals surface area contributed by atoms with Crippen molar-refractivity contribution in [2.45, 2.75) is 18.9 Å². The summed E-state index contributed by atoms with van der Waals surface area (Å²) in [5.74, 6) is 0.154. The van der Waals surface area contributed by atoms with E-state index < -0.39 is 0 Å². The van der Waals surface area contributed by atoms with E-state index in [9.17, 15) is 14.7 Å². The van der Waals surface area contributed by atoms with Gasteiger partial charge in [0.2, 0.25) is 0 Å². The Labute approximate surface area is 149 Å². The number of phenolic OH excluding ortho intramolecular Hbond substituents is 1. The van der Waals surface area contributed by atoms with Crippen LogP contribution in [0.2, 0.25) is 0 Å². The zero-order chi connectivity index (χ0) is 18.1. The van der Waals surface area contributed by atoms with Gasteiger partial charge in [-0.1, -0.05) is 0 Å². The summed E-state index contributed by atoms with van der Waals surface area (Å²) in [4.78, 5) is 30.6. The van der Waals surface area contributed by atoms with Gasteiger partial charge in [-0.15, -0.1) is 0 Å². The number of H-pyrrole nitrogens is 2. The molecule has 1 saturated carbocycles. The molecule has 134 valence electrons. The molecule has 0 radical (unpaired) electrons. The molecule has 0 bridgehead atoms. The van der Waals surface area contributed by atoms with E-state index in [2.05, 4.69) is 20.6 Å². The van der Waals surface area contributed by atoms with E-state index in [1.165, 1.54) is 0 Å². The first-order chi connectivity index (χ1) is 12.6. The fourth-order valence-corrected chi connectivity index (χ4v) is 3.09. The SMILES string of the molecule is O=C(NC(CNC(=O)c1cc2cc(O)ccc2[nH]1)C1CC1)c1ccc[nH]1. The van der Waals surface area contributed by atoms with Gasteiger partial charge in [-0.3, -0.25) is 9.59 Å². The summed E-state index contributed by atoms with van der Waals surface area (Å²) < 4.78 is 0. The summed E-state index contributed by atoms with van der Waals surface area (Å²) >= 11 is 0. The van der Waals surface area contributed by atoms with Gasteiger partial charge in [0.15, 0.2) is 0 Å². The largest absolute Gasteiger partial charge is 0.508 e. The Kier molecular flexibility index (Phi) is 4.12. The number of aromatic hydroxyl groups is 1. The molecule has 7 heteroatoms. The number of rotatable bonds is 6. The average molecular weight is 352 g/mol. The van der Waals surface area contributed by atoms with E-state index in [0.717, 1.165) is 23.7 Å². The van der Waals surface area contributed by atoms with E-state index in [4.69, 9.17) is 0 Å². The molecule has 4 rings (SSSR count). The van der Waals surface area contributed by atoms with E-state index in [1.54, 1.807) is 42.6 Å². The Balaban J connectivity index is 1.40. The summed E-state index contributed by atoms with van der Waals surface area (Å²) in [6.07, 6.45) is 3.81. The molecule has 7 nitrogen and oxygen atoms in total. The van der Waals surface area contributed by atoms with Gasteiger partial charge < -0.3 is 25.7 Å². The predicted octanol–water partition coefficient (Wildman–Crippen LogP) is 2.14. The minimum absolute atomic E-state index is 0.0943. The van der Waals surface area contributed by atoms with Crippen LogP contribution in [-0.2, 0) is 0 Å². The maximum absolute atomic E-state index is 12.4. The smallest absolute Gasteiger partial charge is 0.267 e. The van der Waals surface area contributed by atoms with Crippen LogP contribution in [0.5, 0.6) is 5.75 Å². The van der Waals surface area contributed by atoms with Crippen molar-refractivity contribution in [2.75, 3.05) is 6.54 Å². The van der Waals surface area contributed by atoms with E-state index in [-0.39, 0.29) is 23.6 Å². The molecule has 0 spiro atoms. The monoisotopic (exact) mass is 352 g/mol. The zero-order valence-corrected chi connectivity index (χ0v) is 14.1. The fourth-order valence-electron chi connectivity index (χ4n) is 3.09. The number of aromatic amines is 2. The second kappa shape index (κ2) is 6.59. The number of carbonyl (C=O) groups is 2. The molecule has 1 fully saturated rings. The molecular formula is C19H20N4O3.